The maximum Gasteiger partial charge on any atom is 0.416 e. The van der Waals surface area contributed by atoms with E-state index in [0.717, 1.165) is 17.1 Å². The molecule has 2 aliphatic heterocycles. The van der Waals surface area contributed by atoms with Gasteiger partial charge < -0.3 is 5.32 Å². The number of hydrogen-bond acceptors (Lipinski definition) is 5. The highest BCUT2D eigenvalue weighted by Crippen LogP contribution is 2.32. The predicted octanol–water partition coefficient (Wildman–Crippen LogP) is 3.48. The number of carbonyl (C=O) groups is 2. The zero-order chi connectivity index (χ0) is 23.8. The normalized spacial score (nSPS) is 20.5. The molecule has 1 saturated heterocycles. The Morgan fingerprint density at radius 2 is 1.79 bits per heavy atom. The summed E-state index contributed by atoms with van der Waals surface area (Å²) in [5.74, 6) is -1.04. The van der Waals surface area contributed by atoms with Crippen LogP contribution < -0.4 is 5.32 Å². The van der Waals surface area contributed by atoms with Crippen molar-refractivity contribution in [3.8, 4) is 11.1 Å². The van der Waals surface area contributed by atoms with Crippen molar-refractivity contribution in [2.45, 2.75) is 31.5 Å². The molecule has 1 fully saturated rings. The molecule has 2 aromatic rings. The smallest absolute Gasteiger partial charge is 0.321 e. The van der Waals surface area contributed by atoms with E-state index in [1.807, 2.05) is 0 Å². The SMILES string of the molecule is O=C(Nc1ccc(-c2cccc(C(F)(F)F)c2)cc1)C1=NN([C@@H]2CCS(=O)(=O)C2)C(=O)CC1. The van der Waals surface area contributed by atoms with Crippen LogP contribution in [0.2, 0.25) is 0 Å². The highest BCUT2D eigenvalue weighted by molar-refractivity contribution is 7.91. The lowest BCUT2D eigenvalue weighted by Crippen LogP contribution is -2.42. The number of nitrogens with one attached hydrogen (secondary N) is 1. The van der Waals surface area contributed by atoms with Gasteiger partial charge in [-0.1, -0.05) is 24.3 Å². The Hall–Kier alpha value is -3.21. The lowest BCUT2D eigenvalue weighted by Gasteiger charge is -2.27. The van der Waals surface area contributed by atoms with Crippen LogP contribution in [-0.2, 0) is 25.6 Å². The van der Waals surface area contributed by atoms with Gasteiger partial charge in [0.1, 0.15) is 5.71 Å². The van der Waals surface area contributed by atoms with Gasteiger partial charge in [-0.2, -0.15) is 18.3 Å². The molecule has 0 bridgehead atoms. The molecule has 0 aliphatic carbocycles. The minimum absolute atomic E-state index is 0.0171. The second-order valence-electron chi connectivity index (χ2n) is 7.95. The van der Waals surface area contributed by atoms with Gasteiger partial charge in [-0.25, -0.2) is 13.4 Å². The summed E-state index contributed by atoms with van der Waals surface area (Å²) in [7, 11) is -3.22. The number of nitrogens with zero attached hydrogens (tertiary/aromatic N) is 2. The van der Waals surface area contributed by atoms with Crippen molar-refractivity contribution in [2.24, 2.45) is 5.10 Å². The standard InChI is InChI=1S/C22H20F3N3O4S/c23-22(24,25)16-3-1-2-15(12-16)14-4-6-17(7-5-14)26-21(30)19-8-9-20(29)28(27-19)18-10-11-33(31,32)13-18/h1-7,12,18H,8-11,13H2,(H,26,30)/t18-/m1/s1. The van der Waals surface area contributed by atoms with E-state index in [-0.39, 0.29) is 42.4 Å². The Balaban J connectivity index is 1.47. The third kappa shape index (κ3) is 5.24. The summed E-state index contributed by atoms with van der Waals surface area (Å²) in [5, 5.41) is 7.89. The largest absolute Gasteiger partial charge is 0.416 e. The molecular formula is C22H20F3N3O4S. The number of sulfone groups is 1. The number of alkyl halides is 3. The van der Waals surface area contributed by atoms with Crippen molar-refractivity contribution < 1.29 is 31.2 Å². The fourth-order valence-electron chi connectivity index (χ4n) is 3.81. The van der Waals surface area contributed by atoms with E-state index in [9.17, 15) is 31.2 Å². The molecule has 7 nitrogen and oxygen atoms in total. The van der Waals surface area contributed by atoms with E-state index < -0.39 is 33.5 Å². The molecule has 0 unspecified atom stereocenters. The molecule has 2 heterocycles. The fourth-order valence-corrected chi connectivity index (χ4v) is 5.50. The van der Waals surface area contributed by atoms with Crippen molar-refractivity contribution in [2.75, 3.05) is 16.8 Å². The monoisotopic (exact) mass is 479 g/mol. The maximum absolute atomic E-state index is 12.9. The number of benzene rings is 2. The third-order valence-electron chi connectivity index (χ3n) is 5.54. The third-order valence-corrected chi connectivity index (χ3v) is 7.29. The van der Waals surface area contributed by atoms with Crippen LogP contribution in [-0.4, -0.2) is 48.5 Å². The van der Waals surface area contributed by atoms with E-state index in [1.54, 1.807) is 30.3 Å². The molecule has 11 heteroatoms. The van der Waals surface area contributed by atoms with Crippen LogP contribution >= 0.6 is 0 Å². The van der Waals surface area contributed by atoms with Crippen molar-refractivity contribution >= 4 is 33.1 Å². The van der Waals surface area contributed by atoms with Crippen molar-refractivity contribution in [3.63, 3.8) is 0 Å². The lowest BCUT2D eigenvalue weighted by atomic mass is 10.0. The zero-order valence-electron chi connectivity index (χ0n) is 17.3. The van der Waals surface area contributed by atoms with Crippen LogP contribution in [0.15, 0.2) is 53.6 Å². The molecule has 2 aliphatic rings. The number of halogens is 3. The molecule has 0 aromatic heterocycles. The number of hydrazone groups is 1. The molecule has 174 valence electrons. The van der Waals surface area contributed by atoms with Crippen LogP contribution in [0, 0.1) is 0 Å². The first-order valence-corrected chi connectivity index (χ1v) is 12.0. The lowest BCUT2D eigenvalue weighted by molar-refractivity contribution is -0.137. The molecule has 2 aromatic carbocycles. The van der Waals surface area contributed by atoms with Crippen LogP contribution in [0.3, 0.4) is 0 Å². The highest BCUT2D eigenvalue weighted by Gasteiger charge is 2.37. The van der Waals surface area contributed by atoms with Gasteiger partial charge in [0.2, 0.25) is 5.91 Å². The number of amides is 2. The van der Waals surface area contributed by atoms with Crippen molar-refractivity contribution in [3.05, 3.63) is 54.1 Å². The van der Waals surface area contributed by atoms with Crippen molar-refractivity contribution in [1.29, 1.82) is 0 Å². The average molecular weight is 479 g/mol. The maximum atomic E-state index is 12.9. The number of carbonyl (C=O) groups excluding carboxylic acids is 2. The van der Waals surface area contributed by atoms with Gasteiger partial charge in [0.25, 0.3) is 5.91 Å². The van der Waals surface area contributed by atoms with Crippen molar-refractivity contribution in [1.82, 2.24) is 5.01 Å². The van der Waals surface area contributed by atoms with Gasteiger partial charge in [-0.05, 0) is 41.8 Å². The summed E-state index contributed by atoms with van der Waals surface area (Å²) in [6.07, 6.45) is -3.98. The first-order valence-electron chi connectivity index (χ1n) is 10.2. The quantitative estimate of drug-likeness (QED) is 0.726. The van der Waals surface area contributed by atoms with Gasteiger partial charge in [-0.3, -0.25) is 9.59 Å². The van der Waals surface area contributed by atoms with Crippen LogP contribution in [0.5, 0.6) is 0 Å². The Labute approximate surface area is 188 Å². The summed E-state index contributed by atoms with van der Waals surface area (Å²) in [5.41, 5.74) is 0.710. The summed E-state index contributed by atoms with van der Waals surface area (Å²) >= 11 is 0. The molecule has 0 saturated carbocycles. The number of hydrogen-bond donors (Lipinski definition) is 1. The van der Waals surface area contributed by atoms with Crippen LogP contribution in [0.25, 0.3) is 11.1 Å². The molecule has 2 amide bonds. The minimum atomic E-state index is -4.44. The summed E-state index contributed by atoms with van der Waals surface area (Å²) in [6.45, 7) is 0. The second-order valence-corrected chi connectivity index (χ2v) is 10.2. The van der Waals surface area contributed by atoms with Gasteiger partial charge >= 0.3 is 6.18 Å². The van der Waals surface area contributed by atoms with Gasteiger partial charge in [-0.15, -0.1) is 0 Å². The van der Waals surface area contributed by atoms with Gasteiger partial charge in [0.15, 0.2) is 9.84 Å². The Kier molecular flexibility index (Phi) is 6.00. The molecule has 4 rings (SSSR count). The highest BCUT2D eigenvalue weighted by atomic mass is 32.2. The molecule has 1 N–H and O–H groups in total. The fraction of sp³-hybridized carbons (Fsp3) is 0.318. The first kappa shape index (κ1) is 23.0. The summed E-state index contributed by atoms with van der Waals surface area (Å²) < 4.78 is 62.3. The van der Waals surface area contributed by atoms with Gasteiger partial charge in [0, 0.05) is 18.5 Å². The Morgan fingerprint density at radius 1 is 1.06 bits per heavy atom. The van der Waals surface area contributed by atoms with E-state index >= 15 is 0 Å². The number of rotatable bonds is 4. The predicted molar refractivity (Wildman–Crippen MR) is 116 cm³/mol. The Morgan fingerprint density at radius 3 is 2.42 bits per heavy atom. The molecule has 0 radical (unpaired) electrons. The number of anilines is 1. The molecule has 33 heavy (non-hydrogen) atoms. The summed E-state index contributed by atoms with van der Waals surface area (Å²) in [6, 6.07) is 10.7. The van der Waals surface area contributed by atoms with Gasteiger partial charge in [0.05, 0.1) is 23.1 Å². The Bertz CT molecular complexity index is 1220. The minimum Gasteiger partial charge on any atom is -0.321 e. The van der Waals surface area contributed by atoms with E-state index in [4.69, 9.17) is 0 Å². The van der Waals surface area contributed by atoms with Crippen LogP contribution in [0.1, 0.15) is 24.8 Å². The summed E-state index contributed by atoms with van der Waals surface area (Å²) in [4.78, 5) is 24.8. The first-order chi connectivity index (χ1) is 15.5. The van der Waals surface area contributed by atoms with E-state index in [1.165, 1.54) is 6.07 Å². The molecule has 0 spiro atoms. The second kappa shape index (κ2) is 8.62. The molecular weight excluding hydrogens is 459 g/mol. The topological polar surface area (TPSA) is 95.9 Å². The average Bonchev–Trinajstić information content (AvgIpc) is 3.13. The van der Waals surface area contributed by atoms with Crippen LogP contribution in [0.4, 0.5) is 18.9 Å². The van der Waals surface area contributed by atoms with E-state index in [2.05, 4.69) is 10.4 Å². The van der Waals surface area contributed by atoms with E-state index in [0.29, 0.717) is 16.8 Å². The zero-order valence-corrected chi connectivity index (χ0v) is 18.1. The molecule has 1 atom stereocenters.